The highest BCUT2D eigenvalue weighted by Crippen LogP contribution is 2.37. The Balaban J connectivity index is 1.71. The Morgan fingerprint density at radius 2 is 1.88 bits per heavy atom. The van der Waals surface area contributed by atoms with E-state index < -0.39 is 0 Å². The number of hydrogen-bond acceptors (Lipinski definition) is 3. The van der Waals surface area contributed by atoms with Gasteiger partial charge in [0.1, 0.15) is 6.10 Å². The molecule has 2 atom stereocenters. The summed E-state index contributed by atoms with van der Waals surface area (Å²) in [7, 11) is 0. The van der Waals surface area contributed by atoms with Gasteiger partial charge in [-0.3, -0.25) is 9.69 Å². The molecule has 2 aliphatic rings. The Labute approximate surface area is 146 Å². The molecule has 1 heterocycles. The van der Waals surface area contributed by atoms with Gasteiger partial charge >= 0.3 is 5.97 Å². The highest BCUT2D eigenvalue weighted by atomic mass is 16.5. The van der Waals surface area contributed by atoms with Crippen LogP contribution in [0.2, 0.25) is 0 Å². The molecule has 1 aliphatic heterocycles. The van der Waals surface area contributed by atoms with Crippen LogP contribution in [0.4, 0.5) is 0 Å². The van der Waals surface area contributed by atoms with Crippen molar-refractivity contribution >= 4 is 5.97 Å². The van der Waals surface area contributed by atoms with Crippen molar-refractivity contribution in [2.45, 2.75) is 63.9 Å². The number of likely N-dealkylation sites (tertiary alicyclic amines) is 1. The normalized spacial score (nSPS) is 24.5. The highest BCUT2D eigenvalue weighted by molar-refractivity contribution is 5.78. The Morgan fingerprint density at radius 1 is 1.12 bits per heavy atom. The summed E-state index contributed by atoms with van der Waals surface area (Å²) in [6, 6.07) is 10.3. The third-order valence-electron chi connectivity index (χ3n) is 5.73. The van der Waals surface area contributed by atoms with E-state index in [2.05, 4.69) is 24.0 Å². The maximum Gasteiger partial charge on any atom is 0.314 e. The average Bonchev–Trinajstić information content (AvgIpc) is 2.64. The van der Waals surface area contributed by atoms with Gasteiger partial charge in [0.25, 0.3) is 0 Å². The maximum atomic E-state index is 13.1. The summed E-state index contributed by atoms with van der Waals surface area (Å²) in [4.78, 5) is 15.5. The van der Waals surface area contributed by atoms with Gasteiger partial charge in [-0.1, -0.05) is 56.5 Å². The van der Waals surface area contributed by atoms with Crippen LogP contribution < -0.4 is 0 Å². The van der Waals surface area contributed by atoms with E-state index in [1.807, 2.05) is 18.2 Å². The first-order chi connectivity index (χ1) is 11.8. The SMILES string of the molecule is CCN1CCC[C@@H](OC(=O)[C@@H](c2ccccc2)C2CCCCC2)C1. The van der Waals surface area contributed by atoms with E-state index in [0.29, 0.717) is 5.92 Å². The Bertz CT molecular complexity index is 510. The van der Waals surface area contributed by atoms with Crippen molar-refractivity contribution in [1.82, 2.24) is 4.90 Å². The molecule has 0 N–H and O–H groups in total. The van der Waals surface area contributed by atoms with Crippen molar-refractivity contribution in [1.29, 1.82) is 0 Å². The van der Waals surface area contributed by atoms with Crippen LogP contribution in [-0.4, -0.2) is 36.6 Å². The van der Waals surface area contributed by atoms with Crippen LogP contribution in [0.5, 0.6) is 0 Å². The summed E-state index contributed by atoms with van der Waals surface area (Å²) in [5, 5.41) is 0. The standard InChI is InChI=1S/C21H31NO2/c1-2-22-15-9-14-19(16-22)24-21(23)20(17-10-5-3-6-11-17)18-12-7-4-8-13-18/h3,5-6,10-11,18-20H,2,4,7-9,12-16H2,1H3/t19-,20+/m1/s1. The van der Waals surface area contributed by atoms with E-state index in [0.717, 1.165) is 50.9 Å². The molecule has 132 valence electrons. The zero-order valence-electron chi connectivity index (χ0n) is 15.0. The van der Waals surface area contributed by atoms with Crippen molar-refractivity contribution in [3.05, 3.63) is 35.9 Å². The summed E-state index contributed by atoms with van der Waals surface area (Å²) in [5.41, 5.74) is 1.14. The lowest BCUT2D eigenvalue weighted by molar-refractivity contribution is -0.155. The second kappa shape index (κ2) is 8.66. The second-order valence-corrected chi connectivity index (χ2v) is 7.38. The summed E-state index contributed by atoms with van der Waals surface area (Å²) in [5.74, 6) is 0.374. The Morgan fingerprint density at radius 3 is 2.58 bits per heavy atom. The van der Waals surface area contributed by atoms with E-state index in [-0.39, 0.29) is 18.0 Å². The van der Waals surface area contributed by atoms with Crippen LogP contribution in [-0.2, 0) is 9.53 Å². The third kappa shape index (κ3) is 4.38. The molecule has 0 bridgehead atoms. The number of likely N-dealkylation sites (N-methyl/N-ethyl adjacent to an activating group) is 1. The number of benzene rings is 1. The highest BCUT2D eigenvalue weighted by Gasteiger charge is 2.34. The number of esters is 1. The molecule has 0 spiro atoms. The van der Waals surface area contributed by atoms with Gasteiger partial charge in [-0.05, 0) is 50.3 Å². The van der Waals surface area contributed by atoms with Crippen LogP contribution in [0.3, 0.4) is 0 Å². The van der Waals surface area contributed by atoms with Gasteiger partial charge in [-0.25, -0.2) is 0 Å². The first-order valence-corrected chi connectivity index (χ1v) is 9.75. The lowest BCUT2D eigenvalue weighted by Gasteiger charge is -2.34. The molecular weight excluding hydrogens is 298 g/mol. The average molecular weight is 329 g/mol. The van der Waals surface area contributed by atoms with E-state index in [1.165, 1.54) is 19.3 Å². The predicted molar refractivity (Wildman–Crippen MR) is 97.0 cm³/mol. The fraction of sp³-hybridized carbons (Fsp3) is 0.667. The summed E-state index contributed by atoms with van der Waals surface area (Å²) in [6.07, 6.45) is 8.31. The van der Waals surface area contributed by atoms with Gasteiger partial charge in [-0.2, -0.15) is 0 Å². The van der Waals surface area contributed by atoms with Gasteiger partial charge in [0, 0.05) is 6.54 Å². The minimum Gasteiger partial charge on any atom is -0.461 e. The zero-order chi connectivity index (χ0) is 16.8. The third-order valence-corrected chi connectivity index (χ3v) is 5.73. The number of carbonyl (C=O) groups excluding carboxylic acids is 1. The Hall–Kier alpha value is -1.35. The molecule has 24 heavy (non-hydrogen) atoms. The van der Waals surface area contributed by atoms with Crippen LogP contribution in [0, 0.1) is 5.92 Å². The minimum absolute atomic E-state index is 0.0102. The molecule has 3 nitrogen and oxygen atoms in total. The smallest absolute Gasteiger partial charge is 0.314 e. The van der Waals surface area contributed by atoms with Crippen LogP contribution in [0.15, 0.2) is 30.3 Å². The second-order valence-electron chi connectivity index (χ2n) is 7.38. The predicted octanol–water partition coefficient (Wildman–Crippen LogP) is 4.38. The Kier molecular flexibility index (Phi) is 6.30. The zero-order valence-corrected chi connectivity index (χ0v) is 15.0. The van der Waals surface area contributed by atoms with Gasteiger partial charge in [-0.15, -0.1) is 0 Å². The van der Waals surface area contributed by atoms with Crippen molar-refractivity contribution in [2.24, 2.45) is 5.92 Å². The first-order valence-electron chi connectivity index (χ1n) is 9.75. The molecule has 1 aromatic carbocycles. The lowest BCUT2D eigenvalue weighted by Crippen LogP contribution is -2.41. The molecule has 1 aromatic rings. The van der Waals surface area contributed by atoms with Gasteiger partial charge < -0.3 is 4.74 Å². The number of rotatable bonds is 5. The first kappa shape index (κ1) is 17.5. The summed E-state index contributed by atoms with van der Waals surface area (Å²) < 4.78 is 6.01. The summed E-state index contributed by atoms with van der Waals surface area (Å²) in [6.45, 7) is 5.25. The molecule has 0 aromatic heterocycles. The van der Waals surface area contributed by atoms with Crippen molar-refractivity contribution in [2.75, 3.05) is 19.6 Å². The van der Waals surface area contributed by atoms with Crippen LogP contribution in [0.25, 0.3) is 0 Å². The minimum atomic E-state index is -0.0801. The van der Waals surface area contributed by atoms with Crippen molar-refractivity contribution in [3.63, 3.8) is 0 Å². The van der Waals surface area contributed by atoms with Crippen molar-refractivity contribution in [3.8, 4) is 0 Å². The molecule has 2 fully saturated rings. The number of carbonyl (C=O) groups is 1. The summed E-state index contributed by atoms with van der Waals surface area (Å²) >= 11 is 0. The molecule has 0 radical (unpaired) electrons. The molecule has 1 saturated carbocycles. The molecular formula is C21H31NO2. The van der Waals surface area contributed by atoms with Crippen LogP contribution >= 0.6 is 0 Å². The molecule has 0 unspecified atom stereocenters. The molecule has 3 heteroatoms. The monoisotopic (exact) mass is 329 g/mol. The molecule has 0 amide bonds. The fourth-order valence-electron chi connectivity index (χ4n) is 4.36. The van der Waals surface area contributed by atoms with Gasteiger partial charge in [0.2, 0.25) is 0 Å². The number of piperidine rings is 1. The number of nitrogens with zero attached hydrogens (tertiary/aromatic N) is 1. The maximum absolute atomic E-state index is 13.1. The van der Waals surface area contributed by atoms with Gasteiger partial charge in [0.05, 0.1) is 5.92 Å². The topological polar surface area (TPSA) is 29.5 Å². The largest absolute Gasteiger partial charge is 0.461 e. The van der Waals surface area contributed by atoms with Crippen molar-refractivity contribution < 1.29 is 9.53 Å². The van der Waals surface area contributed by atoms with E-state index in [9.17, 15) is 4.79 Å². The van der Waals surface area contributed by atoms with E-state index in [1.54, 1.807) is 0 Å². The van der Waals surface area contributed by atoms with E-state index in [4.69, 9.17) is 4.74 Å². The lowest BCUT2D eigenvalue weighted by atomic mass is 9.77. The fourth-order valence-corrected chi connectivity index (χ4v) is 4.36. The molecule has 1 aliphatic carbocycles. The van der Waals surface area contributed by atoms with Gasteiger partial charge in [0.15, 0.2) is 0 Å². The quantitative estimate of drug-likeness (QED) is 0.751. The number of ether oxygens (including phenoxy) is 1. The molecule has 1 saturated heterocycles. The molecule has 3 rings (SSSR count). The van der Waals surface area contributed by atoms with Crippen LogP contribution in [0.1, 0.15) is 63.4 Å². The van der Waals surface area contributed by atoms with E-state index >= 15 is 0 Å². The number of hydrogen-bond donors (Lipinski definition) is 0.